The van der Waals surface area contributed by atoms with E-state index in [1.807, 2.05) is 20.8 Å². The second-order valence-electron chi connectivity index (χ2n) is 6.36. The first-order valence-electron chi connectivity index (χ1n) is 7.53. The van der Waals surface area contributed by atoms with E-state index in [-0.39, 0.29) is 17.4 Å². The molecular weight excluding hydrogens is 324 g/mol. The van der Waals surface area contributed by atoms with Crippen LogP contribution in [0.2, 0.25) is 0 Å². The smallest absolute Gasteiger partial charge is 0.251 e. The normalized spacial score (nSPS) is 11.1. The van der Waals surface area contributed by atoms with Crippen molar-refractivity contribution in [3.05, 3.63) is 59.4 Å². The number of pyridine rings is 1. The van der Waals surface area contributed by atoms with Gasteiger partial charge in [0.2, 0.25) is 5.91 Å². The second kappa shape index (κ2) is 7.49. The third kappa shape index (κ3) is 4.83. The van der Waals surface area contributed by atoms with Crippen molar-refractivity contribution in [1.29, 1.82) is 0 Å². The van der Waals surface area contributed by atoms with Crippen LogP contribution in [-0.4, -0.2) is 17.4 Å². The predicted molar refractivity (Wildman–Crippen MR) is 95.0 cm³/mol. The van der Waals surface area contributed by atoms with Crippen LogP contribution in [0.4, 0.5) is 5.69 Å². The largest absolute Gasteiger partial charge is 0.618 e. The summed E-state index contributed by atoms with van der Waals surface area (Å²) in [7, 11) is 0. The molecule has 6 heteroatoms. The number of ketones is 1. The van der Waals surface area contributed by atoms with Gasteiger partial charge in [0.25, 0.3) is 5.03 Å². The monoisotopic (exact) mass is 344 g/mol. The van der Waals surface area contributed by atoms with Crippen LogP contribution < -0.4 is 10.0 Å². The van der Waals surface area contributed by atoms with Gasteiger partial charge in [0.1, 0.15) is 0 Å². The van der Waals surface area contributed by atoms with Crippen LogP contribution in [0.25, 0.3) is 0 Å². The average molecular weight is 344 g/mol. The number of thioether (sulfide) groups is 1. The number of carbonyl (C=O) groups is 2. The quantitative estimate of drug-likeness (QED) is 0.391. The lowest BCUT2D eigenvalue weighted by molar-refractivity contribution is -0.645. The van der Waals surface area contributed by atoms with E-state index in [1.165, 1.54) is 18.0 Å². The molecule has 0 unspecified atom stereocenters. The highest BCUT2D eigenvalue weighted by Gasteiger charge is 2.21. The van der Waals surface area contributed by atoms with E-state index in [4.69, 9.17) is 0 Å². The molecule has 0 saturated heterocycles. The van der Waals surface area contributed by atoms with E-state index < -0.39 is 5.41 Å². The third-order valence-electron chi connectivity index (χ3n) is 3.29. The summed E-state index contributed by atoms with van der Waals surface area (Å²) in [5.74, 6) is 0.0266. The molecule has 0 spiro atoms. The number of anilines is 1. The van der Waals surface area contributed by atoms with Crippen LogP contribution in [0.15, 0.2) is 53.7 Å². The Bertz CT molecular complexity index is 737. The number of amides is 1. The Morgan fingerprint density at radius 2 is 1.79 bits per heavy atom. The van der Waals surface area contributed by atoms with Gasteiger partial charge in [-0.1, -0.05) is 20.8 Å². The van der Waals surface area contributed by atoms with E-state index >= 15 is 0 Å². The number of rotatable bonds is 5. The molecule has 0 aliphatic carbocycles. The standard InChI is InChI=1S/C18H20N2O3S/c1-18(2,3)17(22)19-14-9-7-13(8-10-14)15(21)12-24-16-6-4-5-11-20(16)23/h4-11H,12H2,1-3H3,(H,19,22). The maximum absolute atomic E-state index is 12.2. The molecule has 0 atom stereocenters. The van der Waals surface area contributed by atoms with Crippen molar-refractivity contribution in [2.45, 2.75) is 25.8 Å². The fourth-order valence-corrected chi connectivity index (χ4v) is 2.61. The first-order valence-corrected chi connectivity index (χ1v) is 8.51. The number of benzene rings is 1. The second-order valence-corrected chi connectivity index (χ2v) is 7.35. The summed E-state index contributed by atoms with van der Waals surface area (Å²) < 4.78 is 0.739. The molecule has 2 rings (SSSR count). The number of hydrogen-bond donors (Lipinski definition) is 1. The molecule has 0 aliphatic heterocycles. The predicted octanol–water partition coefficient (Wildman–Crippen LogP) is 3.28. The van der Waals surface area contributed by atoms with Crippen molar-refractivity contribution in [1.82, 2.24) is 0 Å². The van der Waals surface area contributed by atoms with Gasteiger partial charge in [-0.15, -0.1) is 0 Å². The van der Waals surface area contributed by atoms with Crippen LogP contribution in [0.1, 0.15) is 31.1 Å². The molecule has 24 heavy (non-hydrogen) atoms. The Morgan fingerprint density at radius 3 is 2.38 bits per heavy atom. The highest BCUT2D eigenvalue weighted by atomic mass is 32.2. The Balaban J connectivity index is 1.96. The minimum atomic E-state index is -0.478. The first kappa shape index (κ1) is 18.0. The van der Waals surface area contributed by atoms with E-state index in [2.05, 4.69) is 5.32 Å². The summed E-state index contributed by atoms with van der Waals surface area (Å²) >= 11 is 1.20. The topological polar surface area (TPSA) is 73.1 Å². The highest BCUT2D eigenvalue weighted by molar-refractivity contribution is 7.99. The van der Waals surface area contributed by atoms with Crippen LogP contribution in [0.3, 0.4) is 0 Å². The molecule has 1 aromatic heterocycles. The number of aromatic nitrogens is 1. The average Bonchev–Trinajstić information content (AvgIpc) is 2.53. The lowest BCUT2D eigenvalue weighted by atomic mass is 9.95. The number of Topliss-reactive ketones (excluding diaryl/α,β-unsaturated/α-hetero) is 1. The van der Waals surface area contributed by atoms with Crippen molar-refractivity contribution >= 4 is 29.1 Å². The maximum atomic E-state index is 12.2. The van der Waals surface area contributed by atoms with Gasteiger partial charge in [-0.05, 0) is 42.1 Å². The molecule has 0 saturated carbocycles. The molecule has 1 heterocycles. The van der Waals surface area contributed by atoms with Gasteiger partial charge in [0.05, 0.1) is 5.75 Å². The molecular formula is C18H20N2O3S. The molecule has 5 nitrogen and oxygen atoms in total. The Morgan fingerprint density at radius 1 is 1.12 bits per heavy atom. The molecule has 1 amide bonds. The van der Waals surface area contributed by atoms with Crippen molar-refractivity contribution in [2.75, 3.05) is 11.1 Å². The van der Waals surface area contributed by atoms with E-state index in [9.17, 15) is 14.8 Å². The molecule has 0 radical (unpaired) electrons. The lowest BCUT2D eigenvalue weighted by Crippen LogP contribution is -2.28. The highest BCUT2D eigenvalue weighted by Crippen LogP contribution is 2.19. The van der Waals surface area contributed by atoms with Gasteiger partial charge in [-0.3, -0.25) is 9.59 Å². The van der Waals surface area contributed by atoms with Gasteiger partial charge in [-0.2, -0.15) is 4.73 Å². The van der Waals surface area contributed by atoms with E-state index in [1.54, 1.807) is 42.5 Å². The maximum Gasteiger partial charge on any atom is 0.251 e. The summed E-state index contributed by atoms with van der Waals surface area (Å²) in [6.07, 6.45) is 1.40. The summed E-state index contributed by atoms with van der Waals surface area (Å²) in [6, 6.07) is 11.8. The third-order valence-corrected chi connectivity index (χ3v) is 4.30. The molecule has 2 aromatic rings. The van der Waals surface area contributed by atoms with Crippen molar-refractivity contribution < 1.29 is 14.3 Å². The Labute approximate surface area is 145 Å². The number of nitrogens with one attached hydrogen (secondary N) is 1. The molecule has 0 bridgehead atoms. The van der Waals surface area contributed by atoms with Gasteiger partial charge in [-0.25, -0.2) is 0 Å². The molecule has 1 N–H and O–H groups in total. The van der Waals surface area contributed by atoms with Crippen LogP contribution >= 0.6 is 11.8 Å². The van der Waals surface area contributed by atoms with Gasteiger partial charge >= 0.3 is 0 Å². The summed E-state index contributed by atoms with van der Waals surface area (Å²) in [6.45, 7) is 5.51. The zero-order chi connectivity index (χ0) is 17.7. The molecule has 0 aliphatic rings. The van der Waals surface area contributed by atoms with Crippen molar-refractivity contribution in [3.63, 3.8) is 0 Å². The van der Waals surface area contributed by atoms with Crippen LogP contribution in [0.5, 0.6) is 0 Å². The van der Waals surface area contributed by atoms with E-state index in [0.717, 1.165) is 4.73 Å². The number of nitrogens with zero attached hydrogens (tertiary/aromatic N) is 1. The van der Waals surface area contributed by atoms with Gasteiger partial charge in [0, 0.05) is 28.8 Å². The first-order chi connectivity index (χ1) is 11.3. The summed E-state index contributed by atoms with van der Waals surface area (Å²) in [4.78, 5) is 24.1. The minimum absolute atomic E-state index is 0.0717. The molecule has 126 valence electrons. The lowest BCUT2D eigenvalue weighted by Gasteiger charge is -2.17. The van der Waals surface area contributed by atoms with Crippen LogP contribution in [-0.2, 0) is 4.79 Å². The SMILES string of the molecule is CC(C)(C)C(=O)Nc1ccc(C(=O)CSc2cccc[n+]2[O-])cc1. The molecule has 0 fully saturated rings. The van der Waals surface area contributed by atoms with Gasteiger partial charge < -0.3 is 10.5 Å². The van der Waals surface area contributed by atoms with Crippen molar-refractivity contribution in [3.8, 4) is 0 Å². The van der Waals surface area contributed by atoms with Crippen LogP contribution in [0, 0.1) is 10.6 Å². The summed E-state index contributed by atoms with van der Waals surface area (Å²) in [5.41, 5.74) is 0.721. The fourth-order valence-electron chi connectivity index (χ4n) is 1.81. The number of hydrogen-bond acceptors (Lipinski definition) is 4. The van der Waals surface area contributed by atoms with Gasteiger partial charge in [0.15, 0.2) is 12.0 Å². The molecule has 1 aromatic carbocycles. The van der Waals surface area contributed by atoms with E-state index in [0.29, 0.717) is 16.3 Å². The Hall–Kier alpha value is -2.34. The zero-order valence-corrected chi connectivity index (χ0v) is 14.7. The van der Waals surface area contributed by atoms with Crippen molar-refractivity contribution in [2.24, 2.45) is 5.41 Å². The number of carbonyl (C=O) groups excluding carboxylic acids is 2. The minimum Gasteiger partial charge on any atom is -0.618 e. The zero-order valence-electron chi connectivity index (χ0n) is 13.9. The Kier molecular flexibility index (Phi) is 5.62. The summed E-state index contributed by atoms with van der Waals surface area (Å²) in [5, 5.41) is 14.8. The fraction of sp³-hybridized carbons (Fsp3) is 0.278.